The van der Waals surface area contributed by atoms with Gasteiger partial charge in [-0.3, -0.25) is 4.79 Å². The van der Waals surface area contributed by atoms with Gasteiger partial charge in [0.15, 0.2) is 11.5 Å². The van der Waals surface area contributed by atoms with E-state index in [0.29, 0.717) is 28.9 Å². The molecule has 0 saturated heterocycles. The molecule has 0 fully saturated rings. The predicted octanol–water partition coefficient (Wildman–Crippen LogP) is 6.16. The lowest BCUT2D eigenvalue weighted by molar-refractivity contribution is -0.118. The van der Waals surface area contributed by atoms with Crippen LogP contribution in [-0.4, -0.2) is 20.1 Å². The Kier molecular flexibility index (Phi) is 5.92. The summed E-state index contributed by atoms with van der Waals surface area (Å²) in [7, 11) is 3.23. The zero-order chi connectivity index (χ0) is 22.1. The van der Waals surface area contributed by atoms with Crippen molar-refractivity contribution in [3.8, 4) is 11.5 Å². The third-order valence-corrected chi connectivity index (χ3v) is 6.08. The molecule has 0 radical (unpaired) electrons. The molecule has 0 aliphatic carbocycles. The van der Waals surface area contributed by atoms with Gasteiger partial charge in [0.2, 0.25) is 5.91 Å². The lowest BCUT2D eigenvalue weighted by Gasteiger charge is -2.38. The minimum atomic E-state index is -0.293. The number of amides is 1. The van der Waals surface area contributed by atoms with Gasteiger partial charge in [-0.15, -0.1) is 0 Å². The Morgan fingerprint density at radius 3 is 2.13 bits per heavy atom. The van der Waals surface area contributed by atoms with Crippen LogP contribution < -0.4 is 14.4 Å². The van der Waals surface area contributed by atoms with Gasteiger partial charge >= 0.3 is 0 Å². The molecule has 160 valence electrons. The van der Waals surface area contributed by atoms with E-state index in [1.807, 2.05) is 53.4 Å². The number of halogens is 1. The third kappa shape index (κ3) is 4.00. The van der Waals surface area contributed by atoms with E-state index in [-0.39, 0.29) is 11.9 Å². The van der Waals surface area contributed by atoms with E-state index in [1.165, 1.54) is 5.56 Å². The van der Waals surface area contributed by atoms with Crippen LogP contribution in [0.2, 0.25) is 5.02 Å². The summed E-state index contributed by atoms with van der Waals surface area (Å²) in [6.07, 6.45) is 0.297. The average Bonchev–Trinajstić information content (AvgIpc) is 2.78. The van der Waals surface area contributed by atoms with Gasteiger partial charge in [-0.05, 0) is 64.6 Å². The van der Waals surface area contributed by atoms with Crippen LogP contribution in [0.25, 0.3) is 0 Å². The maximum absolute atomic E-state index is 13.4. The van der Waals surface area contributed by atoms with Crippen molar-refractivity contribution in [2.45, 2.75) is 32.2 Å². The molecule has 1 amide bonds. The number of hydrogen-bond acceptors (Lipinski definition) is 3. The third-order valence-electron chi connectivity index (χ3n) is 5.83. The summed E-state index contributed by atoms with van der Waals surface area (Å²) in [6, 6.07) is 19.5. The fourth-order valence-corrected chi connectivity index (χ4v) is 4.29. The molecule has 1 aliphatic rings. The molecule has 31 heavy (non-hydrogen) atoms. The molecule has 0 saturated carbocycles. The Labute approximate surface area is 188 Å². The predicted molar refractivity (Wildman–Crippen MR) is 125 cm³/mol. The Morgan fingerprint density at radius 2 is 1.55 bits per heavy atom. The molecule has 1 aliphatic heterocycles. The van der Waals surface area contributed by atoms with Crippen LogP contribution in [0, 0.1) is 0 Å². The van der Waals surface area contributed by atoms with Gasteiger partial charge < -0.3 is 14.4 Å². The van der Waals surface area contributed by atoms with Crippen LogP contribution in [0.5, 0.6) is 11.5 Å². The van der Waals surface area contributed by atoms with Crippen LogP contribution in [-0.2, 0) is 11.2 Å². The van der Waals surface area contributed by atoms with Gasteiger partial charge in [0, 0.05) is 10.7 Å². The number of anilines is 1. The normalized spacial score (nSPS) is 15.7. The molecule has 0 bridgehead atoms. The van der Waals surface area contributed by atoms with Gasteiger partial charge in [0.1, 0.15) is 0 Å². The highest BCUT2D eigenvalue weighted by molar-refractivity contribution is 6.30. The second-order valence-electron chi connectivity index (χ2n) is 8.05. The number of nitrogens with zero attached hydrogens (tertiary/aromatic N) is 1. The van der Waals surface area contributed by atoms with Gasteiger partial charge in [-0.2, -0.15) is 0 Å². The summed E-state index contributed by atoms with van der Waals surface area (Å²) >= 11 is 6.15. The number of benzene rings is 3. The summed E-state index contributed by atoms with van der Waals surface area (Å²) in [5.41, 5.74) is 5.06. The molecule has 0 spiro atoms. The molecule has 3 aromatic carbocycles. The first-order valence-electron chi connectivity index (χ1n) is 10.3. The van der Waals surface area contributed by atoms with Crippen LogP contribution in [0.1, 0.15) is 48.1 Å². The number of fused-ring (bicyclic) bond motifs is 1. The molecule has 5 heteroatoms. The molecule has 0 N–H and O–H groups in total. The molecule has 1 heterocycles. The highest BCUT2D eigenvalue weighted by atomic mass is 35.5. The van der Waals surface area contributed by atoms with E-state index in [4.69, 9.17) is 21.1 Å². The van der Waals surface area contributed by atoms with Crippen molar-refractivity contribution in [2.24, 2.45) is 0 Å². The standard InChI is InChI=1S/C26H26ClNO3/c1-16(2)17-7-11-21(12-8-17)28-25(29)14-19-13-23(30-3)24(31-4)15-22(19)26(28)18-5-9-20(27)10-6-18/h5-13,15-16,26H,14H2,1-4H3. The first-order chi connectivity index (χ1) is 14.9. The van der Waals surface area contributed by atoms with Gasteiger partial charge in [-0.25, -0.2) is 0 Å². The van der Waals surface area contributed by atoms with E-state index in [0.717, 1.165) is 22.4 Å². The van der Waals surface area contributed by atoms with Crippen molar-refractivity contribution in [1.29, 1.82) is 0 Å². The molecule has 3 aromatic rings. The van der Waals surface area contributed by atoms with Crippen molar-refractivity contribution in [2.75, 3.05) is 19.1 Å². The van der Waals surface area contributed by atoms with Crippen molar-refractivity contribution < 1.29 is 14.3 Å². The summed E-state index contributed by atoms with van der Waals surface area (Å²) in [4.78, 5) is 15.3. The van der Waals surface area contributed by atoms with Crippen LogP contribution in [0.15, 0.2) is 60.7 Å². The topological polar surface area (TPSA) is 38.8 Å². The number of carbonyl (C=O) groups is 1. The first kappa shape index (κ1) is 21.3. The van der Waals surface area contributed by atoms with Crippen molar-refractivity contribution in [1.82, 2.24) is 0 Å². The van der Waals surface area contributed by atoms with Crippen LogP contribution in [0.4, 0.5) is 5.69 Å². The van der Waals surface area contributed by atoms with Crippen molar-refractivity contribution in [3.05, 3.63) is 87.9 Å². The van der Waals surface area contributed by atoms with Gasteiger partial charge in [0.25, 0.3) is 0 Å². The average molecular weight is 436 g/mol. The lowest BCUT2D eigenvalue weighted by atomic mass is 9.86. The number of carbonyl (C=O) groups excluding carboxylic acids is 1. The van der Waals surface area contributed by atoms with Crippen molar-refractivity contribution in [3.63, 3.8) is 0 Å². The number of hydrogen-bond donors (Lipinski definition) is 0. The highest BCUT2D eigenvalue weighted by Gasteiger charge is 2.36. The Hall–Kier alpha value is -2.98. The Bertz CT molecular complexity index is 1090. The zero-order valence-electron chi connectivity index (χ0n) is 18.2. The summed E-state index contributed by atoms with van der Waals surface area (Å²) < 4.78 is 11.0. The van der Waals surface area contributed by atoms with E-state index in [2.05, 4.69) is 26.0 Å². The number of methoxy groups -OCH3 is 2. The summed E-state index contributed by atoms with van der Waals surface area (Å²) in [5.74, 6) is 1.73. The molecule has 0 aromatic heterocycles. The molecular weight excluding hydrogens is 410 g/mol. The minimum absolute atomic E-state index is 0.0389. The van der Waals surface area contributed by atoms with E-state index < -0.39 is 0 Å². The molecule has 4 rings (SSSR count). The second kappa shape index (κ2) is 8.64. The number of rotatable bonds is 5. The maximum atomic E-state index is 13.4. The first-order valence-corrected chi connectivity index (χ1v) is 10.7. The molecular formula is C26H26ClNO3. The minimum Gasteiger partial charge on any atom is -0.493 e. The van der Waals surface area contributed by atoms with Crippen molar-refractivity contribution >= 4 is 23.2 Å². The lowest BCUT2D eigenvalue weighted by Crippen LogP contribution is -2.41. The molecule has 1 unspecified atom stereocenters. The second-order valence-corrected chi connectivity index (χ2v) is 8.48. The molecule has 4 nitrogen and oxygen atoms in total. The maximum Gasteiger partial charge on any atom is 0.232 e. The van der Waals surface area contributed by atoms with E-state index >= 15 is 0 Å². The monoisotopic (exact) mass is 435 g/mol. The smallest absolute Gasteiger partial charge is 0.232 e. The SMILES string of the molecule is COc1cc2c(cc1OC)C(c1ccc(Cl)cc1)N(c1ccc(C(C)C)cc1)C(=O)C2. The van der Waals surface area contributed by atoms with E-state index in [1.54, 1.807) is 14.2 Å². The molecule has 1 atom stereocenters. The number of ether oxygens (including phenoxy) is 2. The summed E-state index contributed by atoms with van der Waals surface area (Å²) in [6.45, 7) is 4.32. The Balaban J connectivity index is 1.90. The fraction of sp³-hybridized carbons (Fsp3) is 0.269. The van der Waals surface area contributed by atoms with Gasteiger partial charge in [0.05, 0.1) is 26.7 Å². The Morgan fingerprint density at radius 1 is 0.935 bits per heavy atom. The van der Waals surface area contributed by atoms with Gasteiger partial charge in [-0.1, -0.05) is 49.7 Å². The van der Waals surface area contributed by atoms with E-state index in [9.17, 15) is 4.79 Å². The highest BCUT2D eigenvalue weighted by Crippen LogP contribution is 2.43. The van der Waals surface area contributed by atoms with Crippen LogP contribution in [0.3, 0.4) is 0 Å². The fourth-order valence-electron chi connectivity index (χ4n) is 4.16. The quantitative estimate of drug-likeness (QED) is 0.481. The zero-order valence-corrected chi connectivity index (χ0v) is 18.9. The van der Waals surface area contributed by atoms with Crippen LogP contribution >= 0.6 is 11.6 Å². The summed E-state index contributed by atoms with van der Waals surface area (Å²) in [5, 5.41) is 0.659. The largest absolute Gasteiger partial charge is 0.493 e.